The molecule has 0 saturated carbocycles. The van der Waals surface area contributed by atoms with E-state index in [1.54, 1.807) is 0 Å². The van der Waals surface area contributed by atoms with Crippen molar-refractivity contribution in [2.75, 3.05) is 5.32 Å². The minimum atomic E-state index is -0.0570. The average molecular weight is 356 g/mol. The lowest BCUT2D eigenvalue weighted by molar-refractivity contribution is -0.115. The second kappa shape index (κ2) is 7.08. The summed E-state index contributed by atoms with van der Waals surface area (Å²) in [5.41, 5.74) is 6.49. The molecule has 0 fully saturated rings. The van der Waals surface area contributed by atoms with Crippen molar-refractivity contribution < 1.29 is 9.21 Å². The summed E-state index contributed by atoms with van der Waals surface area (Å²) in [4.78, 5) is 16.8. The van der Waals surface area contributed by atoms with Gasteiger partial charge < -0.3 is 9.73 Å². The number of amides is 1. The number of aryl methyl sites for hydroxylation is 2. The maximum atomic E-state index is 12.3. The molecule has 0 unspecified atom stereocenters. The van der Waals surface area contributed by atoms with E-state index in [9.17, 15) is 4.79 Å². The molecule has 4 aromatic rings. The molecule has 27 heavy (non-hydrogen) atoms. The Hall–Kier alpha value is -3.40. The quantitative estimate of drug-likeness (QED) is 0.540. The van der Waals surface area contributed by atoms with Crippen molar-refractivity contribution in [3.05, 3.63) is 83.4 Å². The molecule has 4 heteroatoms. The van der Waals surface area contributed by atoms with Crippen LogP contribution in [-0.2, 0) is 11.2 Å². The molecule has 4 nitrogen and oxygen atoms in total. The summed E-state index contributed by atoms with van der Waals surface area (Å²) in [5.74, 6) is 0.527. The first-order chi connectivity index (χ1) is 13.1. The fraction of sp³-hybridized carbons (Fsp3) is 0.130. The fourth-order valence-corrected chi connectivity index (χ4v) is 2.99. The van der Waals surface area contributed by atoms with E-state index in [-0.39, 0.29) is 5.91 Å². The first-order valence-electron chi connectivity index (χ1n) is 8.90. The summed E-state index contributed by atoms with van der Waals surface area (Å²) in [6.07, 6.45) is 0.339. The number of carbonyl (C=O) groups is 1. The molecule has 1 amide bonds. The van der Waals surface area contributed by atoms with Gasteiger partial charge in [0.25, 0.3) is 0 Å². The first kappa shape index (κ1) is 17.0. The second-order valence-corrected chi connectivity index (χ2v) is 6.71. The maximum Gasteiger partial charge on any atom is 0.228 e. The maximum absolute atomic E-state index is 12.3. The minimum Gasteiger partial charge on any atom is -0.436 e. The van der Waals surface area contributed by atoms with Crippen LogP contribution in [0.5, 0.6) is 0 Å². The smallest absolute Gasteiger partial charge is 0.228 e. The lowest BCUT2D eigenvalue weighted by Gasteiger charge is -2.04. The van der Waals surface area contributed by atoms with E-state index in [1.807, 2.05) is 54.6 Å². The zero-order valence-corrected chi connectivity index (χ0v) is 15.3. The molecule has 3 aromatic carbocycles. The van der Waals surface area contributed by atoms with Gasteiger partial charge in [-0.1, -0.05) is 36.4 Å². The van der Waals surface area contributed by atoms with E-state index in [0.29, 0.717) is 23.6 Å². The van der Waals surface area contributed by atoms with Crippen LogP contribution < -0.4 is 5.32 Å². The zero-order valence-electron chi connectivity index (χ0n) is 15.3. The highest BCUT2D eigenvalue weighted by Crippen LogP contribution is 2.27. The Balaban J connectivity index is 1.55. The van der Waals surface area contributed by atoms with Crippen molar-refractivity contribution in [2.24, 2.45) is 0 Å². The van der Waals surface area contributed by atoms with Crippen LogP contribution in [-0.4, -0.2) is 10.9 Å². The number of hydrogen-bond donors (Lipinski definition) is 1. The van der Waals surface area contributed by atoms with E-state index < -0.39 is 0 Å². The highest BCUT2D eigenvalue weighted by atomic mass is 16.3. The molecule has 0 spiro atoms. The van der Waals surface area contributed by atoms with Gasteiger partial charge >= 0.3 is 0 Å². The molecule has 0 saturated heterocycles. The number of benzene rings is 3. The minimum absolute atomic E-state index is 0.0570. The van der Waals surface area contributed by atoms with Crippen molar-refractivity contribution in [3.8, 4) is 11.5 Å². The number of fused-ring (bicyclic) bond motifs is 1. The Kier molecular flexibility index (Phi) is 4.47. The van der Waals surface area contributed by atoms with Gasteiger partial charge in [-0.3, -0.25) is 4.79 Å². The van der Waals surface area contributed by atoms with E-state index in [2.05, 4.69) is 36.3 Å². The van der Waals surface area contributed by atoms with Crippen LogP contribution in [0.3, 0.4) is 0 Å². The van der Waals surface area contributed by atoms with Crippen molar-refractivity contribution in [1.29, 1.82) is 0 Å². The molecule has 0 aliphatic carbocycles. The molecule has 4 rings (SSSR count). The molecule has 1 aromatic heterocycles. The summed E-state index contributed by atoms with van der Waals surface area (Å²) >= 11 is 0. The van der Waals surface area contributed by atoms with Gasteiger partial charge in [0.2, 0.25) is 11.8 Å². The molecule has 0 bridgehead atoms. The molecule has 1 N–H and O–H groups in total. The van der Waals surface area contributed by atoms with E-state index in [1.165, 1.54) is 11.1 Å². The monoisotopic (exact) mass is 356 g/mol. The lowest BCUT2D eigenvalue weighted by Crippen LogP contribution is -2.14. The summed E-state index contributed by atoms with van der Waals surface area (Å²) < 4.78 is 5.88. The molecule has 134 valence electrons. The van der Waals surface area contributed by atoms with Crippen LogP contribution in [0.25, 0.3) is 22.6 Å². The summed E-state index contributed by atoms with van der Waals surface area (Å²) in [5, 5.41) is 2.93. The molecular formula is C23H20N2O2. The largest absolute Gasteiger partial charge is 0.436 e. The number of anilines is 1. The predicted molar refractivity (Wildman–Crippen MR) is 108 cm³/mol. The van der Waals surface area contributed by atoms with Gasteiger partial charge in [-0.2, -0.15) is 0 Å². The van der Waals surface area contributed by atoms with Gasteiger partial charge in [0, 0.05) is 11.3 Å². The number of carbonyl (C=O) groups excluding carboxylic acids is 1. The van der Waals surface area contributed by atoms with Gasteiger partial charge in [-0.25, -0.2) is 4.98 Å². The van der Waals surface area contributed by atoms with Crippen LogP contribution >= 0.6 is 0 Å². The third-order valence-electron chi connectivity index (χ3n) is 4.63. The third-order valence-corrected chi connectivity index (χ3v) is 4.63. The first-order valence-corrected chi connectivity index (χ1v) is 8.90. The summed E-state index contributed by atoms with van der Waals surface area (Å²) in [7, 11) is 0. The van der Waals surface area contributed by atoms with Crippen LogP contribution in [0.4, 0.5) is 5.69 Å². The Morgan fingerprint density at radius 1 is 0.963 bits per heavy atom. The number of aromatic nitrogens is 1. The van der Waals surface area contributed by atoms with Gasteiger partial charge in [-0.15, -0.1) is 0 Å². The molecule has 0 atom stereocenters. The Morgan fingerprint density at radius 3 is 2.56 bits per heavy atom. The number of nitrogens with one attached hydrogen (secondary N) is 1. The number of nitrogens with zero attached hydrogens (tertiary/aromatic N) is 1. The Bertz CT molecular complexity index is 1110. The Morgan fingerprint density at radius 2 is 1.78 bits per heavy atom. The predicted octanol–water partition coefficient (Wildman–Crippen LogP) is 5.29. The standard InChI is InChI=1S/C23H20N2O2/c1-15-8-9-18(12-16(15)2)23-25-20-14-19(10-11-21(20)27-23)24-22(26)13-17-6-4-3-5-7-17/h3-12,14H,13H2,1-2H3,(H,24,26). The van der Waals surface area contributed by atoms with Crippen molar-refractivity contribution >= 4 is 22.7 Å². The Labute approximate surface area is 157 Å². The van der Waals surface area contributed by atoms with E-state index in [0.717, 1.165) is 16.6 Å². The van der Waals surface area contributed by atoms with Crippen molar-refractivity contribution in [1.82, 2.24) is 4.98 Å². The normalized spacial score (nSPS) is 10.9. The SMILES string of the molecule is Cc1ccc(-c2nc3cc(NC(=O)Cc4ccccc4)ccc3o2)cc1C. The number of oxazole rings is 1. The molecule has 0 aliphatic rings. The molecule has 0 radical (unpaired) electrons. The van der Waals surface area contributed by atoms with Crippen molar-refractivity contribution in [3.63, 3.8) is 0 Å². The number of rotatable bonds is 4. The van der Waals surface area contributed by atoms with Gasteiger partial charge in [0.15, 0.2) is 5.58 Å². The average Bonchev–Trinajstić information content (AvgIpc) is 3.08. The molecule has 0 aliphatic heterocycles. The molecule has 1 heterocycles. The van der Waals surface area contributed by atoms with Crippen molar-refractivity contribution in [2.45, 2.75) is 20.3 Å². The fourth-order valence-electron chi connectivity index (χ4n) is 2.99. The third kappa shape index (κ3) is 3.75. The van der Waals surface area contributed by atoms with E-state index >= 15 is 0 Å². The number of hydrogen-bond acceptors (Lipinski definition) is 3. The highest BCUT2D eigenvalue weighted by molar-refractivity contribution is 5.94. The highest BCUT2D eigenvalue weighted by Gasteiger charge is 2.11. The topological polar surface area (TPSA) is 55.1 Å². The van der Waals surface area contributed by atoms with Gasteiger partial charge in [0.1, 0.15) is 5.52 Å². The zero-order chi connectivity index (χ0) is 18.8. The summed E-state index contributed by atoms with van der Waals surface area (Å²) in [6, 6.07) is 21.3. The summed E-state index contributed by atoms with van der Waals surface area (Å²) in [6.45, 7) is 4.15. The van der Waals surface area contributed by atoms with Crippen LogP contribution in [0.2, 0.25) is 0 Å². The van der Waals surface area contributed by atoms with Crippen LogP contribution in [0, 0.1) is 13.8 Å². The second-order valence-electron chi connectivity index (χ2n) is 6.71. The van der Waals surface area contributed by atoms with Crippen LogP contribution in [0.1, 0.15) is 16.7 Å². The van der Waals surface area contributed by atoms with Crippen LogP contribution in [0.15, 0.2) is 71.1 Å². The van der Waals surface area contributed by atoms with Gasteiger partial charge in [-0.05, 0) is 60.9 Å². The van der Waals surface area contributed by atoms with Gasteiger partial charge in [0.05, 0.1) is 6.42 Å². The molecular weight excluding hydrogens is 336 g/mol. The van der Waals surface area contributed by atoms with E-state index in [4.69, 9.17) is 4.42 Å². The lowest BCUT2D eigenvalue weighted by atomic mass is 10.1.